The Morgan fingerprint density at radius 1 is 1.60 bits per heavy atom. The normalized spacial score (nSPS) is 15.3. The van der Waals surface area contributed by atoms with E-state index in [1.165, 1.54) is 6.20 Å². The average Bonchev–Trinajstić information content (AvgIpc) is 3.02. The van der Waals surface area contributed by atoms with Crippen LogP contribution in [0, 0.1) is 0 Å². The highest BCUT2D eigenvalue weighted by Gasteiger charge is 2.31. The molecule has 0 unspecified atom stereocenters. The van der Waals surface area contributed by atoms with Crippen LogP contribution in [0.3, 0.4) is 0 Å². The summed E-state index contributed by atoms with van der Waals surface area (Å²) in [5.74, 6) is 0.832. The van der Waals surface area contributed by atoms with E-state index in [4.69, 9.17) is 22.4 Å². The molecule has 1 aromatic heterocycles. The first-order valence-corrected chi connectivity index (χ1v) is 5.25. The molecule has 82 valence electrons. The Hall–Kier alpha value is -1.07. The van der Waals surface area contributed by atoms with Gasteiger partial charge in [0.2, 0.25) is 5.95 Å². The first kappa shape index (κ1) is 10.4. The van der Waals surface area contributed by atoms with E-state index in [0.29, 0.717) is 23.4 Å². The summed E-state index contributed by atoms with van der Waals surface area (Å²) in [4.78, 5) is 9.90. The maximum Gasteiger partial charge on any atom is 0.222 e. The minimum atomic E-state index is 0.0801. The zero-order valence-electron chi connectivity index (χ0n) is 8.23. The molecule has 3 N–H and O–H groups in total. The van der Waals surface area contributed by atoms with Crippen molar-refractivity contribution in [3.8, 4) is 0 Å². The molecule has 1 saturated carbocycles. The van der Waals surface area contributed by atoms with Crippen molar-refractivity contribution in [3.63, 3.8) is 0 Å². The van der Waals surface area contributed by atoms with Gasteiger partial charge in [0.1, 0.15) is 5.02 Å². The lowest BCUT2D eigenvalue weighted by molar-refractivity contribution is 0.301. The molecule has 2 rings (SSSR count). The summed E-state index contributed by atoms with van der Waals surface area (Å²) in [5, 5.41) is 9.45. The molecular formula is C9H13ClN4O. The average molecular weight is 229 g/mol. The van der Waals surface area contributed by atoms with Crippen LogP contribution in [-0.4, -0.2) is 34.3 Å². The van der Waals surface area contributed by atoms with Gasteiger partial charge in [0, 0.05) is 12.6 Å². The lowest BCUT2D eigenvalue weighted by Gasteiger charge is -2.23. The van der Waals surface area contributed by atoms with Crippen molar-refractivity contribution in [1.29, 1.82) is 0 Å². The van der Waals surface area contributed by atoms with E-state index >= 15 is 0 Å². The molecule has 1 aromatic rings. The van der Waals surface area contributed by atoms with E-state index in [1.54, 1.807) is 0 Å². The Morgan fingerprint density at radius 3 is 2.93 bits per heavy atom. The lowest BCUT2D eigenvalue weighted by atomic mass is 10.4. The number of aromatic nitrogens is 2. The number of anilines is 2. The van der Waals surface area contributed by atoms with Gasteiger partial charge in [0.15, 0.2) is 5.82 Å². The van der Waals surface area contributed by atoms with Crippen molar-refractivity contribution in [3.05, 3.63) is 11.2 Å². The van der Waals surface area contributed by atoms with Crippen molar-refractivity contribution >= 4 is 23.4 Å². The van der Waals surface area contributed by atoms with Crippen LogP contribution in [0.15, 0.2) is 6.20 Å². The first-order valence-electron chi connectivity index (χ1n) is 4.88. The molecule has 0 aromatic carbocycles. The van der Waals surface area contributed by atoms with Crippen molar-refractivity contribution < 1.29 is 5.11 Å². The maximum atomic E-state index is 8.98. The minimum Gasteiger partial charge on any atom is -0.395 e. The number of hydrogen-bond donors (Lipinski definition) is 2. The standard InChI is InChI=1S/C9H13ClN4O/c10-7-5-12-9(11)13-8(7)14(3-4-15)6-1-2-6/h5-6,15H,1-4H2,(H2,11,12,13). The Kier molecular flexibility index (Phi) is 2.93. The molecule has 1 heterocycles. The van der Waals surface area contributed by atoms with Crippen LogP contribution in [0.4, 0.5) is 11.8 Å². The molecule has 5 nitrogen and oxygen atoms in total. The number of nitrogens with two attached hydrogens (primary N) is 1. The van der Waals surface area contributed by atoms with Gasteiger partial charge in [-0.3, -0.25) is 0 Å². The zero-order chi connectivity index (χ0) is 10.8. The number of aliphatic hydroxyl groups is 1. The highest BCUT2D eigenvalue weighted by molar-refractivity contribution is 6.32. The van der Waals surface area contributed by atoms with E-state index in [2.05, 4.69) is 9.97 Å². The van der Waals surface area contributed by atoms with Gasteiger partial charge in [-0.1, -0.05) is 11.6 Å². The predicted octanol–water partition coefficient (Wildman–Crippen LogP) is 0.673. The third-order valence-electron chi connectivity index (χ3n) is 2.34. The maximum absolute atomic E-state index is 8.98. The molecule has 0 radical (unpaired) electrons. The number of hydrogen-bond acceptors (Lipinski definition) is 5. The van der Waals surface area contributed by atoms with Crippen LogP contribution in [0.2, 0.25) is 5.02 Å². The van der Waals surface area contributed by atoms with Gasteiger partial charge in [-0.2, -0.15) is 4.98 Å². The molecule has 0 spiro atoms. The second-order valence-corrected chi connectivity index (χ2v) is 3.96. The van der Waals surface area contributed by atoms with Gasteiger partial charge >= 0.3 is 0 Å². The Bertz CT molecular complexity index is 356. The molecule has 1 fully saturated rings. The van der Waals surface area contributed by atoms with Crippen LogP contribution in [-0.2, 0) is 0 Å². The van der Waals surface area contributed by atoms with E-state index in [9.17, 15) is 0 Å². The monoisotopic (exact) mass is 228 g/mol. The van der Waals surface area contributed by atoms with Crippen molar-refractivity contribution in [1.82, 2.24) is 9.97 Å². The fourth-order valence-electron chi connectivity index (χ4n) is 1.53. The fraction of sp³-hybridized carbons (Fsp3) is 0.556. The first-order chi connectivity index (χ1) is 7.22. The van der Waals surface area contributed by atoms with Crippen LogP contribution in [0.1, 0.15) is 12.8 Å². The summed E-state index contributed by atoms with van der Waals surface area (Å²) >= 11 is 5.99. The van der Waals surface area contributed by atoms with E-state index < -0.39 is 0 Å². The van der Waals surface area contributed by atoms with Gasteiger partial charge in [-0.05, 0) is 12.8 Å². The highest BCUT2D eigenvalue weighted by atomic mass is 35.5. The topological polar surface area (TPSA) is 75.3 Å². The summed E-state index contributed by atoms with van der Waals surface area (Å²) < 4.78 is 0. The zero-order valence-corrected chi connectivity index (χ0v) is 8.98. The molecule has 1 aliphatic rings. The molecule has 0 amide bonds. The van der Waals surface area contributed by atoms with Crippen molar-refractivity contribution in [2.24, 2.45) is 0 Å². The number of halogens is 1. The molecule has 15 heavy (non-hydrogen) atoms. The highest BCUT2D eigenvalue weighted by Crippen LogP contribution is 2.33. The van der Waals surface area contributed by atoms with E-state index in [1.807, 2.05) is 4.90 Å². The second-order valence-electron chi connectivity index (χ2n) is 3.55. The summed E-state index contributed by atoms with van der Waals surface area (Å²) in [6.45, 7) is 0.609. The van der Waals surface area contributed by atoms with Crippen LogP contribution in [0.25, 0.3) is 0 Å². The van der Waals surface area contributed by atoms with Gasteiger partial charge in [-0.15, -0.1) is 0 Å². The van der Waals surface area contributed by atoms with Gasteiger partial charge in [-0.25, -0.2) is 4.98 Å². The molecule has 6 heteroatoms. The third kappa shape index (κ3) is 2.30. The SMILES string of the molecule is Nc1ncc(Cl)c(N(CCO)C2CC2)n1. The fourth-order valence-corrected chi connectivity index (χ4v) is 1.73. The molecule has 0 saturated heterocycles. The van der Waals surface area contributed by atoms with E-state index in [0.717, 1.165) is 12.8 Å². The van der Waals surface area contributed by atoms with Crippen LogP contribution < -0.4 is 10.6 Å². The smallest absolute Gasteiger partial charge is 0.222 e. The molecule has 0 aliphatic heterocycles. The van der Waals surface area contributed by atoms with E-state index in [-0.39, 0.29) is 12.6 Å². The Labute approximate surface area is 92.9 Å². The number of nitrogen functional groups attached to an aromatic ring is 1. The summed E-state index contributed by atoms with van der Waals surface area (Å²) in [6.07, 6.45) is 3.71. The van der Waals surface area contributed by atoms with Crippen molar-refractivity contribution in [2.75, 3.05) is 23.8 Å². The second kappa shape index (κ2) is 4.20. The molecule has 0 atom stereocenters. The quantitative estimate of drug-likeness (QED) is 0.793. The Morgan fingerprint density at radius 2 is 2.33 bits per heavy atom. The van der Waals surface area contributed by atoms with Gasteiger partial charge in [0.05, 0.1) is 12.8 Å². The molecular weight excluding hydrogens is 216 g/mol. The summed E-state index contributed by atoms with van der Waals surface area (Å²) in [6, 6.07) is 0.434. The number of rotatable bonds is 4. The van der Waals surface area contributed by atoms with Gasteiger partial charge < -0.3 is 15.7 Å². The van der Waals surface area contributed by atoms with Gasteiger partial charge in [0.25, 0.3) is 0 Å². The summed E-state index contributed by atoms with van der Waals surface area (Å²) in [5.41, 5.74) is 5.51. The largest absolute Gasteiger partial charge is 0.395 e. The number of nitrogens with zero attached hydrogens (tertiary/aromatic N) is 3. The minimum absolute atomic E-state index is 0.0801. The Balaban J connectivity index is 2.27. The third-order valence-corrected chi connectivity index (χ3v) is 2.61. The van der Waals surface area contributed by atoms with Crippen LogP contribution in [0.5, 0.6) is 0 Å². The van der Waals surface area contributed by atoms with Crippen molar-refractivity contribution in [2.45, 2.75) is 18.9 Å². The number of aliphatic hydroxyl groups excluding tert-OH is 1. The van der Waals surface area contributed by atoms with Crippen LogP contribution >= 0.6 is 11.6 Å². The molecule has 1 aliphatic carbocycles. The predicted molar refractivity (Wildman–Crippen MR) is 58.9 cm³/mol. The summed E-state index contributed by atoms with van der Waals surface area (Å²) in [7, 11) is 0. The lowest BCUT2D eigenvalue weighted by Crippen LogP contribution is -2.30. The molecule has 0 bridgehead atoms.